The van der Waals surface area contributed by atoms with E-state index >= 15 is 0 Å². The molecule has 5 aromatic rings. The van der Waals surface area contributed by atoms with E-state index in [4.69, 9.17) is 17.2 Å². The zero-order valence-corrected chi connectivity index (χ0v) is 19.6. The Morgan fingerprint density at radius 1 is 0.857 bits per heavy atom. The van der Waals surface area contributed by atoms with Crippen LogP contribution in [0, 0.1) is 17.2 Å². The fourth-order valence-corrected chi connectivity index (χ4v) is 5.59. The number of hydrogen-bond donors (Lipinski definition) is 0. The lowest BCUT2D eigenvalue weighted by molar-refractivity contribution is 0.357. The molecule has 2 heterocycles. The molecule has 0 amide bonds. The van der Waals surface area contributed by atoms with Gasteiger partial charge in [0.05, 0.1) is 17.3 Å². The maximum Gasteiger partial charge on any atom is 0.144 e. The third-order valence-electron chi connectivity index (χ3n) is 7.24. The smallest absolute Gasteiger partial charge is 0.144 e. The van der Waals surface area contributed by atoms with E-state index in [9.17, 15) is 5.26 Å². The second kappa shape index (κ2) is 9.08. The van der Waals surface area contributed by atoms with E-state index in [1.165, 1.54) is 37.7 Å². The monoisotopic (exact) mass is 452 g/mol. The van der Waals surface area contributed by atoms with Crippen molar-refractivity contribution >= 4 is 35.4 Å². The van der Waals surface area contributed by atoms with Crippen LogP contribution in [0.3, 0.4) is 0 Å². The zero-order chi connectivity index (χ0) is 23.8. The number of furan rings is 1. The van der Waals surface area contributed by atoms with Crippen molar-refractivity contribution in [1.82, 2.24) is 4.98 Å². The Labute approximate surface area is 206 Å². The molecule has 3 nitrogen and oxygen atoms in total. The molecule has 0 spiro atoms. The first kappa shape index (κ1) is 21.7. The van der Waals surface area contributed by atoms with E-state index in [-0.39, 0.29) is 0 Å². The minimum atomic E-state index is 0.540. The highest BCUT2D eigenvalue weighted by Gasteiger charge is 2.19. The van der Waals surface area contributed by atoms with Crippen LogP contribution in [-0.4, -0.2) is 12.8 Å². The summed E-state index contributed by atoms with van der Waals surface area (Å²) in [5.74, 6) is 0.721. The molecule has 1 aliphatic rings. The van der Waals surface area contributed by atoms with E-state index in [1.54, 1.807) is 0 Å². The van der Waals surface area contributed by atoms with Crippen molar-refractivity contribution in [3.05, 3.63) is 83.9 Å². The Bertz CT molecular complexity index is 1570. The summed E-state index contributed by atoms with van der Waals surface area (Å²) in [4.78, 5) is 4.70. The predicted molar refractivity (Wildman–Crippen MR) is 143 cm³/mol. The van der Waals surface area contributed by atoms with Crippen molar-refractivity contribution in [3.8, 4) is 28.5 Å². The van der Waals surface area contributed by atoms with Gasteiger partial charge in [-0.15, -0.1) is 0 Å². The zero-order valence-electron chi connectivity index (χ0n) is 19.6. The molecule has 2 radical (unpaired) electrons. The maximum absolute atomic E-state index is 9.70. The summed E-state index contributed by atoms with van der Waals surface area (Å²) in [6.07, 6.45) is 7.63. The molecule has 3 aromatic carbocycles. The number of rotatable bonds is 4. The number of fused-ring (bicyclic) bond motifs is 3. The van der Waals surface area contributed by atoms with Crippen LogP contribution in [-0.2, 0) is 6.42 Å². The Morgan fingerprint density at radius 3 is 2.46 bits per heavy atom. The fraction of sp³-hybridized carbons (Fsp3) is 0.226. The van der Waals surface area contributed by atoms with Crippen molar-refractivity contribution in [2.45, 2.75) is 38.5 Å². The van der Waals surface area contributed by atoms with Gasteiger partial charge in [-0.3, -0.25) is 4.98 Å². The molecule has 35 heavy (non-hydrogen) atoms. The van der Waals surface area contributed by atoms with Gasteiger partial charge in [0.25, 0.3) is 0 Å². The Hall–Kier alpha value is -3.84. The predicted octanol–water partition coefficient (Wildman–Crippen LogP) is 7.10. The fourth-order valence-electron chi connectivity index (χ4n) is 5.59. The quantitative estimate of drug-likeness (QED) is 0.273. The first-order valence-corrected chi connectivity index (χ1v) is 12.4. The summed E-state index contributed by atoms with van der Waals surface area (Å²) in [5.41, 5.74) is 7.65. The molecule has 168 valence electrons. The van der Waals surface area contributed by atoms with E-state index in [0.717, 1.165) is 56.7 Å². The average Bonchev–Trinajstić information content (AvgIpc) is 3.27. The lowest BCUT2D eigenvalue weighted by Crippen LogP contribution is -2.14. The van der Waals surface area contributed by atoms with Gasteiger partial charge in [0.2, 0.25) is 0 Å². The second-order valence-electron chi connectivity index (χ2n) is 9.66. The summed E-state index contributed by atoms with van der Waals surface area (Å²) in [6.45, 7) is 0. The van der Waals surface area contributed by atoms with Gasteiger partial charge in [-0.2, -0.15) is 5.26 Å². The van der Waals surface area contributed by atoms with E-state index in [1.807, 2.05) is 60.7 Å². The largest absolute Gasteiger partial charge is 0.455 e. The number of hydrogen-bond acceptors (Lipinski definition) is 3. The highest BCUT2D eigenvalue weighted by Crippen LogP contribution is 2.40. The Kier molecular flexibility index (Phi) is 5.62. The molecular formula is C31H25BN2O. The number of nitrogens with zero attached hydrogens (tertiary/aromatic N) is 2. The normalized spacial score (nSPS) is 14.4. The molecule has 0 atom stereocenters. The lowest BCUT2D eigenvalue weighted by atomic mass is 9.84. The maximum atomic E-state index is 9.70. The molecule has 6 rings (SSSR count). The number of benzene rings is 3. The Morgan fingerprint density at radius 2 is 1.66 bits per heavy atom. The number of nitriles is 1. The summed E-state index contributed by atoms with van der Waals surface area (Å²) in [6, 6.07) is 26.5. The van der Waals surface area contributed by atoms with Gasteiger partial charge in [-0.25, -0.2) is 0 Å². The van der Waals surface area contributed by atoms with Crippen LogP contribution >= 0.6 is 0 Å². The molecule has 0 unspecified atom stereocenters. The van der Waals surface area contributed by atoms with E-state index in [2.05, 4.69) is 18.2 Å². The van der Waals surface area contributed by atoms with Gasteiger partial charge in [0.15, 0.2) is 0 Å². The van der Waals surface area contributed by atoms with Crippen LogP contribution < -0.4 is 5.59 Å². The van der Waals surface area contributed by atoms with Crippen molar-refractivity contribution in [1.29, 1.82) is 5.26 Å². The topological polar surface area (TPSA) is 49.8 Å². The van der Waals surface area contributed by atoms with Gasteiger partial charge >= 0.3 is 0 Å². The Balaban J connectivity index is 1.52. The number of aromatic nitrogens is 1. The SMILES string of the molecule is [B]c1cc(CC2CCCCC2)cc(-c2cccc3c2oc2c(-c4ccccc4)cc(C#N)cc23)n1. The third-order valence-corrected chi connectivity index (χ3v) is 7.24. The van der Waals surface area contributed by atoms with Crippen LogP contribution in [0.25, 0.3) is 44.3 Å². The van der Waals surface area contributed by atoms with Gasteiger partial charge in [-0.1, -0.05) is 74.6 Å². The molecule has 0 aliphatic heterocycles. The molecular weight excluding hydrogens is 427 g/mol. The van der Waals surface area contributed by atoms with Crippen LogP contribution in [0.15, 0.2) is 77.2 Å². The van der Waals surface area contributed by atoms with E-state index < -0.39 is 0 Å². The first-order valence-electron chi connectivity index (χ1n) is 12.4. The molecule has 0 saturated heterocycles. The minimum absolute atomic E-state index is 0.540. The number of para-hydroxylation sites is 1. The van der Waals surface area contributed by atoms with Gasteiger partial charge in [0.1, 0.15) is 19.0 Å². The van der Waals surface area contributed by atoms with Gasteiger partial charge < -0.3 is 4.42 Å². The summed E-state index contributed by atoms with van der Waals surface area (Å²) < 4.78 is 6.56. The summed E-state index contributed by atoms with van der Waals surface area (Å²) in [5, 5.41) is 11.6. The molecule has 0 N–H and O–H groups in total. The molecule has 0 bridgehead atoms. The first-order chi connectivity index (χ1) is 17.2. The van der Waals surface area contributed by atoms with Crippen LogP contribution in [0.5, 0.6) is 0 Å². The van der Waals surface area contributed by atoms with Crippen molar-refractivity contribution in [2.75, 3.05) is 0 Å². The van der Waals surface area contributed by atoms with Gasteiger partial charge in [0, 0.05) is 21.9 Å². The molecule has 2 aromatic heterocycles. The van der Waals surface area contributed by atoms with Crippen molar-refractivity contribution in [3.63, 3.8) is 0 Å². The lowest BCUT2D eigenvalue weighted by Gasteiger charge is -2.22. The highest BCUT2D eigenvalue weighted by atomic mass is 16.3. The molecule has 1 saturated carbocycles. The summed E-state index contributed by atoms with van der Waals surface area (Å²) >= 11 is 0. The van der Waals surface area contributed by atoms with Crippen LogP contribution in [0.1, 0.15) is 43.2 Å². The highest BCUT2D eigenvalue weighted by molar-refractivity contribution is 6.30. The molecule has 1 aliphatic carbocycles. The van der Waals surface area contributed by atoms with Crippen LogP contribution in [0.2, 0.25) is 0 Å². The van der Waals surface area contributed by atoms with Crippen molar-refractivity contribution in [2.24, 2.45) is 5.92 Å². The summed E-state index contributed by atoms with van der Waals surface area (Å²) in [7, 11) is 6.28. The molecule has 4 heteroatoms. The standard InChI is InChI=1S/C31H25BN2O/c32-29-18-21(14-20-8-3-1-4-9-20)17-28(34-29)25-13-7-12-24-27-16-22(19-33)15-26(31(27)35-30(24)25)23-10-5-2-6-11-23/h2,5-7,10-13,15-18,20H,1,3-4,8-9,14H2. The second-order valence-corrected chi connectivity index (χ2v) is 9.66. The third kappa shape index (κ3) is 4.12. The number of pyridine rings is 1. The van der Waals surface area contributed by atoms with Crippen LogP contribution in [0.4, 0.5) is 0 Å². The van der Waals surface area contributed by atoms with E-state index in [0.29, 0.717) is 11.2 Å². The molecule has 1 fully saturated rings. The average molecular weight is 452 g/mol. The van der Waals surface area contributed by atoms with Crippen molar-refractivity contribution < 1.29 is 4.42 Å². The van der Waals surface area contributed by atoms with Gasteiger partial charge in [-0.05, 0) is 59.4 Å². The minimum Gasteiger partial charge on any atom is -0.455 e.